The van der Waals surface area contributed by atoms with Crippen molar-refractivity contribution in [1.29, 1.82) is 0 Å². The molecule has 0 unspecified atom stereocenters. The zero-order chi connectivity index (χ0) is 12.0. The third-order valence-electron chi connectivity index (χ3n) is 1.38. The SMILES string of the molecule is Clc1ccc(Br)nc1.Clc1ccc(Br)nc1. The molecular formula is C10H6Br2Cl2N2. The maximum absolute atomic E-state index is 5.53. The Balaban J connectivity index is 0.000000160. The van der Waals surface area contributed by atoms with E-state index in [1.807, 2.05) is 0 Å². The zero-order valence-corrected chi connectivity index (χ0v) is 12.6. The molecule has 2 rings (SSSR count). The molecule has 0 fully saturated rings. The molecule has 0 bridgehead atoms. The van der Waals surface area contributed by atoms with Crippen molar-refractivity contribution in [2.75, 3.05) is 0 Å². The Morgan fingerprint density at radius 3 is 1.31 bits per heavy atom. The molecule has 0 aliphatic rings. The van der Waals surface area contributed by atoms with Gasteiger partial charge in [-0.05, 0) is 56.1 Å². The number of hydrogen-bond donors (Lipinski definition) is 0. The van der Waals surface area contributed by atoms with Crippen molar-refractivity contribution in [2.24, 2.45) is 0 Å². The van der Waals surface area contributed by atoms with Crippen molar-refractivity contribution >= 4 is 55.1 Å². The molecule has 0 radical (unpaired) electrons. The highest BCUT2D eigenvalue weighted by molar-refractivity contribution is 9.10. The number of nitrogens with zero attached hydrogens (tertiary/aromatic N) is 2. The molecule has 0 aliphatic heterocycles. The Bertz CT molecular complexity index is 346. The second-order valence-electron chi connectivity index (χ2n) is 2.60. The summed E-state index contributed by atoms with van der Waals surface area (Å²) in [6.45, 7) is 0. The molecule has 0 amide bonds. The fourth-order valence-corrected chi connectivity index (χ4v) is 1.41. The predicted octanol–water partition coefficient (Wildman–Crippen LogP) is 5.00. The first-order chi connectivity index (χ1) is 7.58. The summed E-state index contributed by atoms with van der Waals surface area (Å²) in [5, 5.41) is 1.32. The first-order valence-corrected chi connectivity index (χ1v) is 6.46. The van der Waals surface area contributed by atoms with Crippen LogP contribution in [0.1, 0.15) is 0 Å². The standard InChI is InChI=1S/2C5H3BrClN/c2*6-5-2-1-4(7)3-8-5/h2*1-3H. The molecule has 2 nitrogen and oxygen atoms in total. The van der Waals surface area contributed by atoms with Crippen LogP contribution in [0.4, 0.5) is 0 Å². The van der Waals surface area contributed by atoms with Crippen LogP contribution in [0.5, 0.6) is 0 Å². The van der Waals surface area contributed by atoms with Gasteiger partial charge in [-0.1, -0.05) is 23.2 Å². The lowest BCUT2D eigenvalue weighted by atomic mass is 10.5. The maximum Gasteiger partial charge on any atom is 0.106 e. The Morgan fingerprint density at radius 2 is 1.12 bits per heavy atom. The molecule has 0 atom stereocenters. The molecule has 0 spiro atoms. The third kappa shape index (κ3) is 5.80. The Morgan fingerprint density at radius 1 is 0.750 bits per heavy atom. The average Bonchev–Trinajstić information content (AvgIpc) is 2.28. The summed E-state index contributed by atoms with van der Waals surface area (Å²) >= 11 is 17.4. The quantitative estimate of drug-likeness (QED) is 0.597. The van der Waals surface area contributed by atoms with Gasteiger partial charge in [0.2, 0.25) is 0 Å². The lowest BCUT2D eigenvalue weighted by Crippen LogP contribution is -1.70. The van der Waals surface area contributed by atoms with Gasteiger partial charge in [-0.2, -0.15) is 0 Å². The molecule has 2 aromatic heterocycles. The average molecular weight is 385 g/mol. The highest BCUT2D eigenvalue weighted by atomic mass is 79.9. The van der Waals surface area contributed by atoms with Crippen LogP contribution in [0.3, 0.4) is 0 Å². The van der Waals surface area contributed by atoms with E-state index in [0.717, 1.165) is 9.21 Å². The number of aromatic nitrogens is 2. The van der Waals surface area contributed by atoms with Gasteiger partial charge >= 0.3 is 0 Å². The van der Waals surface area contributed by atoms with E-state index in [-0.39, 0.29) is 0 Å². The lowest BCUT2D eigenvalue weighted by Gasteiger charge is -1.85. The third-order valence-corrected chi connectivity index (χ3v) is 2.77. The van der Waals surface area contributed by atoms with E-state index in [1.54, 1.807) is 36.7 Å². The molecule has 2 heterocycles. The molecule has 0 aromatic carbocycles. The van der Waals surface area contributed by atoms with Crippen LogP contribution in [0.2, 0.25) is 10.0 Å². The van der Waals surface area contributed by atoms with Crippen LogP contribution in [0.25, 0.3) is 0 Å². The summed E-state index contributed by atoms with van der Waals surface area (Å²) < 4.78 is 1.61. The van der Waals surface area contributed by atoms with Crippen molar-refractivity contribution in [2.45, 2.75) is 0 Å². The normalized spacial score (nSPS) is 9.25. The molecule has 2 aromatic rings. The van der Waals surface area contributed by atoms with E-state index in [9.17, 15) is 0 Å². The first-order valence-electron chi connectivity index (χ1n) is 4.12. The van der Waals surface area contributed by atoms with Gasteiger partial charge in [-0.25, -0.2) is 9.97 Å². The monoisotopic (exact) mass is 382 g/mol. The van der Waals surface area contributed by atoms with E-state index in [4.69, 9.17) is 23.2 Å². The predicted molar refractivity (Wildman–Crippen MR) is 73.9 cm³/mol. The highest BCUT2D eigenvalue weighted by Crippen LogP contribution is 2.10. The smallest absolute Gasteiger partial charge is 0.106 e. The van der Waals surface area contributed by atoms with Gasteiger partial charge in [-0.15, -0.1) is 0 Å². The molecule has 6 heteroatoms. The molecule has 0 aliphatic carbocycles. The van der Waals surface area contributed by atoms with Gasteiger partial charge in [0.15, 0.2) is 0 Å². The summed E-state index contributed by atoms with van der Waals surface area (Å²) in [5.74, 6) is 0. The highest BCUT2D eigenvalue weighted by Gasteiger charge is 1.85. The summed E-state index contributed by atoms with van der Waals surface area (Å²) in [7, 11) is 0. The Kier molecular flexibility index (Phi) is 6.28. The molecule has 16 heavy (non-hydrogen) atoms. The Labute approximate surface area is 120 Å². The van der Waals surface area contributed by atoms with Gasteiger partial charge in [0.05, 0.1) is 10.0 Å². The van der Waals surface area contributed by atoms with Crippen molar-refractivity contribution in [3.63, 3.8) is 0 Å². The van der Waals surface area contributed by atoms with Crippen LogP contribution in [0, 0.1) is 0 Å². The largest absolute Gasteiger partial charge is 0.248 e. The second kappa shape index (κ2) is 7.22. The van der Waals surface area contributed by atoms with Crippen LogP contribution < -0.4 is 0 Å². The minimum atomic E-state index is 0.660. The number of pyridine rings is 2. The van der Waals surface area contributed by atoms with Crippen molar-refractivity contribution in [1.82, 2.24) is 9.97 Å². The zero-order valence-electron chi connectivity index (χ0n) is 7.87. The fraction of sp³-hybridized carbons (Fsp3) is 0. The topological polar surface area (TPSA) is 25.8 Å². The van der Waals surface area contributed by atoms with Crippen LogP contribution in [0.15, 0.2) is 45.9 Å². The van der Waals surface area contributed by atoms with E-state index < -0.39 is 0 Å². The van der Waals surface area contributed by atoms with E-state index in [1.165, 1.54) is 0 Å². The maximum atomic E-state index is 5.53. The van der Waals surface area contributed by atoms with Crippen molar-refractivity contribution in [3.05, 3.63) is 55.9 Å². The number of rotatable bonds is 0. The number of halogens is 4. The molecule has 0 saturated heterocycles. The van der Waals surface area contributed by atoms with Gasteiger partial charge in [0.25, 0.3) is 0 Å². The van der Waals surface area contributed by atoms with E-state index in [2.05, 4.69) is 41.8 Å². The van der Waals surface area contributed by atoms with E-state index >= 15 is 0 Å². The summed E-state index contributed by atoms with van der Waals surface area (Å²) in [6.07, 6.45) is 3.18. The second-order valence-corrected chi connectivity index (χ2v) is 5.10. The lowest BCUT2D eigenvalue weighted by molar-refractivity contribution is 1.28. The van der Waals surface area contributed by atoms with Crippen LogP contribution in [-0.4, -0.2) is 9.97 Å². The molecule has 0 N–H and O–H groups in total. The molecular weight excluding hydrogens is 379 g/mol. The summed E-state index contributed by atoms with van der Waals surface area (Å²) in [4.78, 5) is 7.73. The molecule has 0 saturated carbocycles. The minimum Gasteiger partial charge on any atom is -0.248 e. The fourth-order valence-electron chi connectivity index (χ4n) is 0.716. The first kappa shape index (κ1) is 13.9. The van der Waals surface area contributed by atoms with Gasteiger partial charge in [0, 0.05) is 12.4 Å². The summed E-state index contributed by atoms with van der Waals surface area (Å²) in [6, 6.07) is 7.14. The molecule has 84 valence electrons. The van der Waals surface area contributed by atoms with Crippen LogP contribution in [-0.2, 0) is 0 Å². The van der Waals surface area contributed by atoms with Gasteiger partial charge in [-0.3, -0.25) is 0 Å². The van der Waals surface area contributed by atoms with Gasteiger partial charge in [0.1, 0.15) is 9.21 Å². The summed E-state index contributed by atoms with van der Waals surface area (Å²) in [5.41, 5.74) is 0. The Hall–Kier alpha value is -0.160. The number of hydrogen-bond acceptors (Lipinski definition) is 2. The van der Waals surface area contributed by atoms with Crippen molar-refractivity contribution in [3.8, 4) is 0 Å². The van der Waals surface area contributed by atoms with E-state index in [0.29, 0.717) is 10.0 Å². The van der Waals surface area contributed by atoms with Gasteiger partial charge < -0.3 is 0 Å². The van der Waals surface area contributed by atoms with Crippen LogP contribution >= 0.6 is 55.1 Å². The minimum absolute atomic E-state index is 0.660. The van der Waals surface area contributed by atoms with Crippen molar-refractivity contribution < 1.29 is 0 Å².